The van der Waals surface area contributed by atoms with E-state index in [1.165, 1.54) is 0 Å². The van der Waals surface area contributed by atoms with Gasteiger partial charge in [-0.05, 0) is 53.8 Å². The fourth-order valence-corrected chi connectivity index (χ4v) is 3.87. The highest BCUT2D eigenvalue weighted by Crippen LogP contribution is 2.14. The molecule has 9 heteroatoms. The Balaban J connectivity index is 1.53. The van der Waals surface area contributed by atoms with Gasteiger partial charge in [0.05, 0.1) is 24.8 Å². The third-order valence-electron chi connectivity index (χ3n) is 5.40. The minimum absolute atomic E-state index is 0.0211. The summed E-state index contributed by atoms with van der Waals surface area (Å²) < 4.78 is 7.47. The van der Waals surface area contributed by atoms with Crippen LogP contribution in [0.25, 0.3) is 10.9 Å². The van der Waals surface area contributed by atoms with Gasteiger partial charge in [-0.3, -0.25) is 4.79 Å². The number of fused-ring (bicyclic) bond motifs is 1. The van der Waals surface area contributed by atoms with Crippen molar-refractivity contribution in [2.45, 2.75) is 45.5 Å². The smallest absolute Gasteiger partial charge is 0.257 e. The van der Waals surface area contributed by atoms with Gasteiger partial charge in [0.25, 0.3) is 5.56 Å². The maximum Gasteiger partial charge on any atom is 0.257 e. The summed E-state index contributed by atoms with van der Waals surface area (Å²) in [7, 11) is 0. The molecule has 0 aliphatic carbocycles. The second-order valence-corrected chi connectivity index (χ2v) is 7.70. The summed E-state index contributed by atoms with van der Waals surface area (Å²) in [5, 5.41) is 22.6. The maximum absolute atomic E-state index is 12.6. The second-order valence-electron chi connectivity index (χ2n) is 7.70. The topological polar surface area (TPSA) is 110 Å². The molecule has 4 rings (SSSR count). The number of nitrogens with zero attached hydrogens (tertiary/aromatic N) is 4. The Morgan fingerprint density at radius 3 is 3.03 bits per heavy atom. The Hall–Kier alpha value is -2.62. The first-order valence-electron chi connectivity index (χ1n) is 10.1. The summed E-state index contributed by atoms with van der Waals surface area (Å²) in [5.74, 6) is 0.733. The Labute approximate surface area is 168 Å². The molecule has 2 aromatic heterocycles. The number of quaternary nitrogens is 1. The number of benzene rings is 1. The lowest BCUT2D eigenvalue weighted by Gasteiger charge is -2.18. The first-order valence-corrected chi connectivity index (χ1v) is 10.1. The summed E-state index contributed by atoms with van der Waals surface area (Å²) in [6, 6.07) is 7.90. The lowest BCUT2D eigenvalue weighted by molar-refractivity contribution is -0.928. The van der Waals surface area contributed by atoms with Gasteiger partial charge in [-0.1, -0.05) is 11.6 Å². The number of aliphatic hydroxyl groups is 1. The molecule has 1 aromatic carbocycles. The minimum Gasteiger partial charge on any atom is -0.391 e. The molecule has 2 atom stereocenters. The number of rotatable bonds is 8. The van der Waals surface area contributed by atoms with E-state index in [2.05, 4.69) is 26.6 Å². The lowest BCUT2D eigenvalue weighted by atomic mass is 10.1. The molecule has 3 heterocycles. The minimum atomic E-state index is -0.101. The van der Waals surface area contributed by atoms with Crippen LogP contribution in [0, 0.1) is 6.92 Å². The van der Waals surface area contributed by atoms with Crippen LogP contribution in [-0.4, -0.2) is 56.2 Å². The molecule has 1 aliphatic rings. The van der Waals surface area contributed by atoms with E-state index in [0.717, 1.165) is 46.6 Å². The van der Waals surface area contributed by atoms with E-state index in [0.29, 0.717) is 31.7 Å². The van der Waals surface area contributed by atoms with E-state index >= 15 is 0 Å². The van der Waals surface area contributed by atoms with Gasteiger partial charge in [0.1, 0.15) is 19.6 Å². The number of aromatic amines is 1. The molecule has 1 fully saturated rings. The van der Waals surface area contributed by atoms with Crippen LogP contribution in [0.1, 0.15) is 29.8 Å². The number of hydrogen-bond acceptors (Lipinski definition) is 6. The van der Waals surface area contributed by atoms with Crippen LogP contribution in [0.3, 0.4) is 0 Å². The molecule has 0 bridgehead atoms. The van der Waals surface area contributed by atoms with Crippen LogP contribution >= 0.6 is 0 Å². The normalized spacial score (nSPS) is 17.8. The number of pyridine rings is 1. The zero-order valence-corrected chi connectivity index (χ0v) is 16.6. The highest BCUT2D eigenvalue weighted by Gasteiger charge is 2.22. The van der Waals surface area contributed by atoms with Crippen molar-refractivity contribution in [1.82, 2.24) is 25.2 Å². The third-order valence-corrected chi connectivity index (χ3v) is 5.40. The Morgan fingerprint density at radius 2 is 2.24 bits per heavy atom. The van der Waals surface area contributed by atoms with E-state index in [1.807, 2.05) is 25.1 Å². The van der Waals surface area contributed by atoms with Gasteiger partial charge in [0.15, 0.2) is 0 Å². The molecule has 1 aliphatic heterocycles. The van der Waals surface area contributed by atoms with Gasteiger partial charge in [0, 0.05) is 12.1 Å². The summed E-state index contributed by atoms with van der Waals surface area (Å²) in [5.41, 5.74) is 2.55. The molecule has 29 heavy (non-hydrogen) atoms. The molecular formula is C20H27N6O3+. The maximum atomic E-state index is 12.6. The van der Waals surface area contributed by atoms with Crippen molar-refractivity contribution in [2.24, 2.45) is 0 Å². The highest BCUT2D eigenvalue weighted by molar-refractivity contribution is 5.79. The van der Waals surface area contributed by atoms with Gasteiger partial charge in [-0.15, -0.1) is 5.10 Å². The first kappa shape index (κ1) is 19.7. The molecule has 1 unspecified atom stereocenters. The number of nitrogens with one attached hydrogen (secondary N) is 2. The van der Waals surface area contributed by atoms with Gasteiger partial charge in [-0.2, -0.15) is 0 Å². The van der Waals surface area contributed by atoms with Crippen LogP contribution in [0.5, 0.6) is 0 Å². The number of ether oxygens (including phenoxy) is 1. The number of H-pyrrole nitrogens is 1. The van der Waals surface area contributed by atoms with Crippen molar-refractivity contribution in [3.05, 3.63) is 51.6 Å². The Bertz CT molecular complexity index is 1020. The van der Waals surface area contributed by atoms with Crippen molar-refractivity contribution in [3.63, 3.8) is 0 Å². The third kappa shape index (κ3) is 4.69. The molecule has 3 aromatic rings. The van der Waals surface area contributed by atoms with Gasteiger partial charge in [0.2, 0.25) is 5.82 Å². The SMILES string of the molecule is Cc1ccc2[nH]c(=O)c(C[NH+](CCO)Cc3nnnn3C[C@H]3CCCO3)cc2c1. The fourth-order valence-electron chi connectivity index (χ4n) is 3.87. The van der Waals surface area contributed by atoms with Gasteiger partial charge >= 0.3 is 0 Å². The lowest BCUT2D eigenvalue weighted by Crippen LogP contribution is -3.10. The largest absolute Gasteiger partial charge is 0.391 e. The predicted octanol–water partition coefficient (Wildman–Crippen LogP) is -0.421. The molecule has 0 spiro atoms. The van der Waals surface area contributed by atoms with Crippen LogP contribution in [0.15, 0.2) is 29.1 Å². The number of hydrogen-bond donors (Lipinski definition) is 3. The van der Waals surface area contributed by atoms with E-state index < -0.39 is 0 Å². The Morgan fingerprint density at radius 1 is 1.34 bits per heavy atom. The van der Waals surface area contributed by atoms with Crippen molar-refractivity contribution >= 4 is 10.9 Å². The molecule has 0 radical (unpaired) electrons. The average molecular weight is 399 g/mol. The predicted molar refractivity (Wildman–Crippen MR) is 106 cm³/mol. The number of tetrazole rings is 1. The van der Waals surface area contributed by atoms with Crippen molar-refractivity contribution in [1.29, 1.82) is 0 Å². The summed E-state index contributed by atoms with van der Waals surface area (Å²) >= 11 is 0. The van der Waals surface area contributed by atoms with E-state index in [1.54, 1.807) is 4.68 Å². The monoisotopic (exact) mass is 399 g/mol. The van der Waals surface area contributed by atoms with Crippen LogP contribution in [0.2, 0.25) is 0 Å². The van der Waals surface area contributed by atoms with Crippen LogP contribution < -0.4 is 10.5 Å². The average Bonchev–Trinajstić information content (AvgIpc) is 3.36. The van der Waals surface area contributed by atoms with Crippen molar-refractivity contribution in [3.8, 4) is 0 Å². The quantitative estimate of drug-likeness (QED) is 0.475. The molecule has 0 amide bonds. The van der Waals surface area contributed by atoms with E-state index in [-0.39, 0.29) is 18.3 Å². The van der Waals surface area contributed by atoms with E-state index in [4.69, 9.17) is 4.74 Å². The van der Waals surface area contributed by atoms with Crippen molar-refractivity contribution in [2.75, 3.05) is 19.8 Å². The molecule has 9 nitrogen and oxygen atoms in total. The molecule has 3 N–H and O–H groups in total. The molecular weight excluding hydrogens is 372 g/mol. The van der Waals surface area contributed by atoms with Crippen LogP contribution in [-0.2, 0) is 24.4 Å². The first-order chi connectivity index (χ1) is 14.1. The summed E-state index contributed by atoms with van der Waals surface area (Å²) in [4.78, 5) is 16.5. The highest BCUT2D eigenvalue weighted by atomic mass is 16.5. The summed E-state index contributed by atoms with van der Waals surface area (Å²) in [6.07, 6.45) is 2.22. The fraction of sp³-hybridized carbons (Fsp3) is 0.500. The van der Waals surface area contributed by atoms with E-state index in [9.17, 15) is 9.90 Å². The number of aromatic nitrogens is 5. The summed E-state index contributed by atoms with van der Waals surface area (Å²) in [6.45, 7) is 4.96. The molecule has 154 valence electrons. The molecule has 1 saturated heterocycles. The zero-order chi connectivity index (χ0) is 20.2. The number of aryl methyl sites for hydroxylation is 1. The van der Waals surface area contributed by atoms with Crippen LogP contribution in [0.4, 0.5) is 0 Å². The van der Waals surface area contributed by atoms with Gasteiger partial charge in [-0.25, -0.2) is 4.68 Å². The number of aliphatic hydroxyl groups excluding tert-OH is 1. The Kier molecular flexibility index (Phi) is 5.98. The standard InChI is InChI=1S/C20H26N6O3/c1-14-4-5-18-15(9-14)10-16(20(28)21-18)11-25(6-7-27)13-19-22-23-24-26(19)12-17-3-2-8-29-17/h4-5,9-10,17,27H,2-3,6-8,11-13H2,1H3,(H,21,28)/p+1/t17-/m1/s1. The zero-order valence-electron chi connectivity index (χ0n) is 16.6. The second kappa shape index (κ2) is 8.81. The van der Waals surface area contributed by atoms with Crippen molar-refractivity contribution < 1.29 is 14.7 Å². The molecule has 0 saturated carbocycles. The van der Waals surface area contributed by atoms with Gasteiger partial charge < -0.3 is 19.7 Å².